The van der Waals surface area contributed by atoms with Crippen LogP contribution in [0.15, 0.2) is 39.9 Å². The lowest BCUT2D eigenvalue weighted by atomic mass is 9.97. The molecule has 3 rings (SSSR count). The number of hydrogen-bond acceptors (Lipinski definition) is 5. The van der Waals surface area contributed by atoms with Gasteiger partial charge in [0.1, 0.15) is 5.76 Å². The summed E-state index contributed by atoms with van der Waals surface area (Å²) in [5, 5.41) is 6.95. The van der Waals surface area contributed by atoms with Gasteiger partial charge < -0.3 is 14.6 Å². The predicted molar refractivity (Wildman–Crippen MR) is 85.0 cm³/mol. The average molecular weight is 316 g/mol. The van der Waals surface area contributed by atoms with Gasteiger partial charge in [-0.05, 0) is 25.0 Å². The van der Waals surface area contributed by atoms with E-state index >= 15 is 0 Å². The van der Waals surface area contributed by atoms with Crippen LogP contribution in [-0.2, 0) is 18.4 Å². The van der Waals surface area contributed by atoms with Crippen molar-refractivity contribution in [2.24, 2.45) is 13.0 Å². The minimum absolute atomic E-state index is 0.0166. The number of nitrogens with zero attached hydrogens (tertiary/aromatic N) is 3. The molecule has 2 aromatic rings. The van der Waals surface area contributed by atoms with Crippen molar-refractivity contribution in [1.29, 1.82) is 0 Å². The predicted octanol–water partition coefficient (Wildman–Crippen LogP) is 0.906. The van der Waals surface area contributed by atoms with Crippen molar-refractivity contribution in [2.45, 2.75) is 19.4 Å². The molecule has 1 saturated heterocycles. The Bertz CT molecular complexity index is 723. The first kappa shape index (κ1) is 15.3. The maximum Gasteiger partial charge on any atom is 0.268 e. The molecule has 1 aliphatic rings. The molecule has 0 spiro atoms. The van der Waals surface area contributed by atoms with E-state index in [2.05, 4.69) is 15.3 Å². The highest BCUT2D eigenvalue weighted by molar-refractivity contribution is 5.79. The molecule has 3 heterocycles. The van der Waals surface area contributed by atoms with Gasteiger partial charge in [0.25, 0.3) is 5.56 Å². The van der Waals surface area contributed by atoms with E-state index in [4.69, 9.17) is 4.42 Å². The van der Waals surface area contributed by atoms with Crippen molar-refractivity contribution in [3.8, 4) is 0 Å². The second-order valence-electron chi connectivity index (χ2n) is 5.76. The summed E-state index contributed by atoms with van der Waals surface area (Å²) in [4.78, 5) is 26.1. The summed E-state index contributed by atoms with van der Waals surface area (Å²) in [5.41, 5.74) is 0.628. The lowest BCUT2D eigenvalue weighted by molar-refractivity contribution is -0.125. The van der Waals surface area contributed by atoms with Crippen LogP contribution >= 0.6 is 0 Å². The van der Waals surface area contributed by atoms with Crippen molar-refractivity contribution in [1.82, 2.24) is 15.1 Å². The van der Waals surface area contributed by atoms with Crippen LogP contribution in [0.3, 0.4) is 0 Å². The first-order valence-electron chi connectivity index (χ1n) is 7.72. The molecule has 1 N–H and O–H groups in total. The number of aryl methyl sites for hydroxylation is 1. The van der Waals surface area contributed by atoms with E-state index < -0.39 is 0 Å². The summed E-state index contributed by atoms with van der Waals surface area (Å²) < 4.78 is 6.51. The Morgan fingerprint density at radius 1 is 1.52 bits per heavy atom. The molecule has 7 nitrogen and oxygen atoms in total. The largest absolute Gasteiger partial charge is 0.467 e. The number of hydrogen-bond donors (Lipinski definition) is 1. The van der Waals surface area contributed by atoms with Gasteiger partial charge in [0.05, 0.1) is 30.6 Å². The molecule has 1 atom stereocenters. The van der Waals surface area contributed by atoms with E-state index in [0.29, 0.717) is 13.1 Å². The smallest absolute Gasteiger partial charge is 0.268 e. The quantitative estimate of drug-likeness (QED) is 0.907. The van der Waals surface area contributed by atoms with E-state index in [-0.39, 0.29) is 17.4 Å². The molecule has 7 heteroatoms. The summed E-state index contributed by atoms with van der Waals surface area (Å²) in [6.45, 7) is 1.82. The SMILES string of the molecule is Cn1ncc(N2CCCC(C(=O)NCc3ccco3)C2)cc1=O. The molecule has 1 fully saturated rings. The maximum atomic E-state index is 12.3. The van der Waals surface area contributed by atoms with Crippen LogP contribution < -0.4 is 15.8 Å². The van der Waals surface area contributed by atoms with Crippen LogP contribution in [0.2, 0.25) is 0 Å². The van der Waals surface area contributed by atoms with Gasteiger partial charge in [0.15, 0.2) is 0 Å². The molecular formula is C16H20N4O3. The molecule has 0 aromatic carbocycles. The molecule has 1 aliphatic heterocycles. The number of anilines is 1. The van der Waals surface area contributed by atoms with Crippen molar-refractivity contribution < 1.29 is 9.21 Å². The molecule has 0 aliphatic carbocycles. The summed E-state index contributed by atoms with van der Waals surface area (Å²) in [5.74, 6) is 0.660. The Kier molecular flexibility index (Phi) is 4.45. The van der Waals surface area contributed by atoms with E-state index in [1.807, 2.05) is 6.07 Å². The average Bonchev–Trinajstić information content (AvgIpc) is 3.09. The van der Waals surface area contributed by atoms with E-state index in [9.17, 15) is 9.59 Å². The summed E-state index contributed by atoms with van der Waals surface area (Å²) in [7, 11) is 1.62. The number of carbonyl (C=O) groups excluding carboxylic acids is 1. The molecule has 2 aromatic heterocycles. The van der Waals surface area contributed by atoms with Gasteiger partial charge in [-0.1, -0.05) is 0 Å². The number of furan rings is 1. The normalized spacial score (nSPS) is 18.0. The molecule has 122 valence electrons. The van der Waals surface area contributed by atoms with Gasteiger partial charge in [-0.25, -0.2) is 4.68 Å². The maximum absolute atomic E-state index is 12.3. The highest BCUT2D eigenvalue weighted by Gasteiger charge is 2.26. The molecule has 23 heavy (non-hydrogen) atoms. The lowest BCUT2D eigenvalue weighted by Gasteiger charge is -2.33. The number of rotatable bonds is 4. The Morgan fingerprint density at radius 3 is 3.13 bits per heavy atom. The van der Waals surface area contributed by atoms with Gasteiger partial charge in [0.2, 0.25) is 5.91 Å². The number of nitrogens with one attached hydrogen (secondary N) is 1. The molecule has 0 saturated carbocycles. The number of amides is 1. The Balaban J connectivity index is 1.62. The monoisotopic (exact) mass is 316 g/mol. The minimum atomic E-state index is -0.146. The molecular weight excluding hydrogens is 296 g/mol. The van der Waals surface area contributed by atoms with Gasteiger partial charge >= 0.3 is 0 Å². The third kappa shape index (κ3) is 3.61. The summed E-state index contributed by atoms with van der Waals surface area (Å²) in [6, 6.07) is 5.20. The van der Waals surface area contributed by atoms with Crippen LogP contribution in [-0.4, -0.2) is 28.8 Å². The summed E-state index contributed by atoms with van der Waals surface area (Å²) in [6.07, 6.45) is 5.02. The van der Waals surface area contributed by atoms with E-state index in [0.717, 1.165) is 30.8 Å². The number of carbonyl (C=O) groups is 1. The van der Waals surface area contributed by atoms with E-state index in [1.165, 1.54) is 4.68 Å². The minimum Gasteiger partial charge on any atom is -0.467 e. The molecule has 1 amide bonds. The highest BCUT2D eigenvalue weighted by Crippen LogP contribution is 2.21. The first-order valence-corrected chi connectivity index (χ1v) is 7.72. The fourth-order valence-corrected chi connectivity index (χ4v) is 2.79. The van der Waals surface area contributed by atoms with Gasteiger partial charge in [-0.3, -0.25) is 9.59 Å². The molecule has 1 unspecified atom stereocenters. The fraction of sp³-hybridized carbons (Fsp3) is 0.438. The standard InChI is InChI=1S/C16H20N4O3/c1-19-15(21)8-13(9-18-19)20-6-2-4-12(11-20)16(22)17-10-14-5-3-7-23-14/h3,5,7-9,12H,2,4,6,10-11H2,1H3,(H,17,22). The van der Waals surface area contributed by atoms with Gasteiger partial charge in [-0.2, -0.15) is 5.10 Å². The van der Waals surface area contributed by atoms with Crippen LogP contribution in [0.1, 0.15) is 18.6 Å². The van der Waals surface area contributed by atoms with Crippen molar-refractivity contribution in [3.05, 3.63) is 46.8 Å². The second kappa shape index (κ2) is 6.68. The fourth-order valence-electron chi connectivity index (χ4n) is 2.79. The Morgan fingerprint density at radius 2 is 2.39 bits per heavy atom. The van der Waals surface area contributed by atoms with Crippen LogP contribution in [0.5, 0.6) is 0 Å². The van der Waals surface area contributed by atoms with Gasteiger partial charge in [-0.15, -0.1) is 0 Å². The van der Waals surface area contributed by atoms with Crippen molar-refractivity contribution in [3.63, 3.8) is 0 Å². The lowest BCUT2D eigenvalue weighted by Crippen LogP contribution is -2.43. The Hall–Kier alpha value is -2.57. The van der Waals surface area contributed by atoms with Gasteiger partial charge in [0, 0.05) is 26.2 Å². The van der Waals surface area contributed by atoms with E-state index in [1.54, 1.807) is 31.6 Å². The Labute approximate surface area is 133 Å². The van der Waals surface area contributed by atoms with Crippen LogP contribution in [0.4, 0.5) is 5.69 Å². The molecule has 0 radical (unpaired) electrons. The number of aromatic nitrogens is 2. The zero-order valence-corrected chi connectivity index (χ0v) is 13.1. The first-order chi connectivity index (χ1) is 11.1. The number of piperidine rings is 1. The van der Waals surface area contributed by atoms with Crippen LogP contribution in [0.25, 0.3) is 0 Å². The topological polar surface area (TPSA) is 80.4 Å². The zero-order chi connectivity index (χ0) is 16.2. The third-order valence-electron chi connectivity index (χ3n) is 4.13. The van der Waals surface area contributed by atoms with Crippen LogP contribution in [0, 0.1) is 5.92 Å². The summed E-state index contributed by atoms with van der Waals surface area (Å²) >= 11 is 0. The van der Waals surface area contributed by atoms with Crippen molar-refractivity contribution >= 4 is 11.6 Å². The second-order valence-corrected chi connectivity index (χ2v) is 5.76. The third-order valence-corrected chi connectivity index (χ3v) is 4.13. The van der Waals surface area contributed by atoms with Crippen molar-refractivity contribution in [2.75, 3.05) is 18.0 Å². The zero-order valence-electron chi connectivity index (χ0n) is 13.1. The molecule has 0 bridgehead atoms. The highest BCUT2D eigenvalue weighted by atomic mass is 16.3.